The Bertz CT molecular complexity index is 1010. The zero-order valence-corrected chi connectivity index (χ0v) is 21.6. The average molecular weight is 523 g/mol. The SMILES string of the molecule is C[C@](Cc1ccc(F)cc1)(C(=O)O)N1CCC(CN2CCC(Oc3ccc(Cl)c(Cl)c3)CC2)CC1. The lowest BCUT2D eigenvalue weighted by Crippen LogP contribution is -2.57. The molecular formula is C27H33Cl2FN2O3. The monoisotopic (exact) mass is 522 g/mol. The van der Waals surface area contributed by atoms with Gasteiger partial charge in [-0.3, -0.25) is 9.69 Å². The van der Waals surface area contributed by atoms with Crippen LogP contribution in [-0.4, -0.2) is 65.2 Å². The van der Waals surface area contributed by atoms with Gasteiger partial charge in [0.1, 0.15) is 23.2 Å². The molecule has 1 atom stereocenters. The smallest absolute Gasteiger partial charge is 0.324 e. The molecule has 0 aromatic heterocycles. The third kappa shape index (κ3) is 6.67. The van der Waals surface area contributed by atoms with Crippen LogP contribution in [-0.2, 0) is 11.2 Å². The first-order chi connectivity index (χ1) is 16.7. The zero-order valence-electron chi connectivity index (χ0n) is 20.1. The molecule has 2 aliphatic heterocycles. The largest absolute Gasteiger partial charge is 0.490 e. The maximum atomic E-state index is 13.3. The maximum absolute atomic E-state index is 13.3. The van der Waals surface area contributed by atoms with Crippen LogP contribution in [0.3, 0.4) is 0 Å². The van der Waals surface area contributed by atoms with Gasteiger partial charge in [-0.1, -0.05) is 35.3 Å². The highest BCUT2D eigenvalue weighted by molar-refractivity contribution is 6.42. The summed E-state index contributed by atoms with van der Waals surface area (Å²) < 4.78 is 19.4. The number of aliphatic carboxylic acids is 1. The number of nitrogens with zero attached hydrogens (tertiary/aromatic N) is 2. The van der Waals surface area contributed by atoms with Gasteiger partial charge in [-0.25, -0.2) is 4.39 Å². The van der Waals surface area contributed by atoms with Gasteiger partial charge in [0.25, 0.3) is 0 Å². The number of likely N-dealkylation sites (tertiary alicyclic amines) is 2. The van der Waals surface area contributed by atoms with Crippen molar-refractivity contribution in [2.45, 2.75) is 50.7 Å². The van der Waals surface area contributed by atoms with Crippen molar-refractivity contribution < 1.29 is 19.0 Å². The number of rotatable bonds is 8. The highest BCUT2D eigenvalue weighted by atomic mass is 35.5. The lowest BCUT2D eigenvalue weighted by Gasteiger charge is -2.43. The molecule has 2 saturated heterocycles. The molecule has 2 aromatic rings. The molecule has 0 radical (unpaired) electrons. The number of halogens is 3. The van der Waals surface area contributed by atoms with Gasteiger partial charge in [-0.15, -0.1) is 0 Å². The van der Waals surface area contributed by atoms with E-state index in [0.717, 1.165) is 69.7 Å². The summed E-state index contributed by atoms with van der Waals surface area (Å²) in [6.45, 7) is 6.32. The van der Waals surface area contributed by atoms with Gasteiger partial charge in [0, 0.05) is 32.1 Å². The number of carboxylic acids is 1. The molecule has 5 nitrogen and oxygen atoms in total. The van der Waals surface area contributed by atoms with Crippen molar-refractivity contribution in [3.8, 4) is 5.75 Å². The second kappa shape index (κ2) is 11.5. The molecule has 2 aromatic carbocycles. The molecule has 1 N–H and O–H groups in total. The molecule has 2 heterocycles. The van der Waals surface area contributed by atoms with Crippen LogP contribution in [0.5, 0.6) is 5.75 Å². The molecule has 0 saturated carbocycles. The highest BCUT2D eigenvalue weighted by Gasteiger charge is 2.41. The molecule has 4 rings (SSSR count). The summed E-state index contributed by atoms with van der Waals surface area (Å²) in [5.74, 6) is 0.177. The van der Waals surface area contributed by atoms with Crippen LogP contribution in [0.4, 0.5) is 4.39 Å². The van der Waals surface area contributed by atoms with Gasteiger partial charge < -0.3 is 14.7 Å². The first kappa shape index (κ1) is 26.2. The van der Waals surface area contributed by atoms with E-state index in [1.807, 2.05) is 6.07 Å². The van der Waals surface area contributed by atoms with Crippen molar-refractivity contribution in [3.63, 3.8) is 0 Å². The van der Waals surface area contributed by atoms with E-state index in [0.29, 0.717) is 22.4 Å². The molecule has 0 spiro atoms. The molecule has 0 amide bonds. The summed E-state index contributed by atoms with van der Waals surface area (Å²) in [5.41, 5.74) is -0.160. The minimum atomic E-state index is -0.997. The third-order valence-corrected chi connectivity index (χ3v) is 8.22. The van der Waals surface area contributed by atoms with Gasteiger partial charge >= 0.3 is 5.97 Å². The summed E-state index contributed by atoms with van der Waals surface area (Å²) in [6, 6.07) is 11.5. The maximum Gasteiger partial charge on any atom is 0.324 e. The van der Waals surface area contributed by atoms with Crippen LogP contribution < -0.4 is 4.74 Å². The number of hydrogen-bond donors (Lipinski definition) is 1. The quantitative estimate of drug-likeness (QED) is 0.476. The average Bonchev–Trinajstić information content (AvgIpc) is 2.84. The van der Waals surface area contributed by atoms with Gasteiger partial charge in [-0.2, -0.15) is 0 Å². The normalized spacial score (nSPS) is 20.5. The van der Waals surface area contributed by atoms with E-state index in [-0.39, 0.29) is 11.9 Å². The van der Waals surface area contributed by atoms with Crippen molar-refractivity contribution in [3.05, 3.63) is 63.9 Å². The molecule has 2 fully saturated rings. The topological polar surface area (TPSA) is 53.0 Å². The molecule has 35 heavy (non-hydrogen) atoms. The van der Waals surface area contributed by atoms with E-state index in [1.165, 1.54) is 12.1 Å². The van der Waals surface area contributed by atoms with Crippen molar-refractivity contribution in [2.75, 3.05) is 32.7 Å². The van der Waals surface area contributed by atoms with Crippen LogP contribution in [0.15, 0.2) is 42.5 Å². The Labute approximate surface area is 216 Å². The predicted molar refractivity (Wildman–Crippen MR) is 137 cm³/mol. The van der Waals surface area contributed by atoms with Crippen LogP contribution in [0.2, 0.25) is 10.0 Å². The molecule has 2 aliphatic rings. The van der Waals surface area contributed by atoms with E-state index in [1.54, 1.807) is 31.2 Å². The van der Waals surface area contributed by atoms with Gasteiger partial charge in [0.05, 0.1) is 10.0 Å². The van der Waals surface area contributed by atoms with E-state index in [4.69, 9.17) is 27.9 Å². The van der Waals surface area contributed by atoms with Gasteiger partial charge in [0.2, 0.25) is 0 Å². The summed E-state index contributed by atoms with van der Waals surface area (Å²) in [5, 5.41) is 11.1. The van der Waals surface area contributed by atoms with Crippen LogP contribution in [0.25, 0.3) is 0 Å². The predicted octanol–water partition coefficient (Wildman–Crippen LogP) is 5.77. The zero-order chi connectivity index (χ0) is 25.0. The fourth-order valence-electron chi connectivity index (χ4n) is 5.25. The third-order valence-electron chi connectivity index (χ3n) is 7.48. The van der Waals surface area contributed by atoms with E-state index >= 15 is 0 Å². The Balaban J connectivity index is 1.24. The summed E-state index contributed by atoms with van der Waals surface area (Å²) in [4.78, 5) is 16.8. The summed E-state index contributed by atoms with van der Waals surface area (Å²) in [6.07, 6.45) is 4.42. The number of carboxylic acid groups (broad SMARTS) is 1. The molecule has 8 heteroatoms. The Kier molecular flexibility index (Phi) is 8.59. The van der Waals surface area contributed by atoms with Crippen molar-refractivity contribution >= 4 is 29.2 Å². The van der Waals surface area contributed by atoms with E-state index < -0.39 is 11.5 Å². The highest BCUT2D eigenvalue weighted by Crippen LogP contribution is 2.30. The van der Waals surface area contributed by atoms with Crippen LogP contribution in [0, 0.1) is 11.7 Å². The first-order valence-electron chi connectivity index (χ1n) is 12.3. The number of piperidine rings is 2. The molecule has 190 valence electrons. The Morgan fingerprint density at radius 2 is 1.69 bits per heavy atom. The summed E-state index contributed by atoms with van der Waals surface area (Å²) >= 11 is 12.1. The molecule has 0 bridgehead atoms. The minimum Gasteiger partial charge on any atom is -0.490 e. The van der Waals surface area contributed by atoms with E-state index in [2.05, 4.69) is 9.80 Å². The first-order valence-corrected chi connectivity index (χ1v) is 13.1. The Morgan fingerprint density at radius 3 is 2.29 bits per heavy atom. The second-order valence-electron chi connectivity index (χ2n) is 10.0. The lowest BCUT2D eigenvalue weighted by molar-refractivity contribution is -0.151. The Morgan fingerprint density at radius 1 is 1.03 bits per heavy atom. The van der Waals surface area contributed by atoms with Crippen molar-refractivity contribution in [2.24, 2.45) is 5.92 Å². The minimum absolute atomic E-state index is 0.174. The van der Waals surface area contributed by atoms with Crippen molar-refractivity contribution in [1.29, 1.82) is 0 Å². The lowest BCUT2D eigenvalue weighted by atomic mass is 9.86. The number of carbonyl (C=O) groups is 1. The molecular weight excluding hydrogens is 490 g/mol. The van der Waals surface area contributed by atoms with Crippen molar-refractivity contribution in [1.82, 2.24) is 9.80 Å². The standard InChI is InChI=1S/C27H33Cl2FN2O3/c1-27(26(33)34,17-19-2-4-21(30)5-3-19)32-14-8-20(9-15-32)18-31-12-10-22(11-13-31)35-23-6-7-24(28)25(29)16-23/h2-7,16,20,22H,8-15,17-18H2,1H3,(H,33,34)/t27-/m0/s1. The number of benzene rings is 2. The fraction of sp³-hybridized carbons (Fsp3) is 0.519. The number of ether oxygens (including phenoxy) is 1. The molecule has 0 unspecified atom stereocenters. The molecule has 0 aliphatic carbocycles. The van der Waals surface area contributed by atoms with Gasteiger partial charge in [-0.05, 0) is 81.4 Å². The van der Waals surface area contributed by atoms with E-state index in [9.17, 15) is 14.3 Å². The number of hydrogen-bond acceptors (Lipinski definition) is 4. The Hall–Kier alpha value is -1.86. The van der Waals surface area contributed by atoms with Crippen LogP contribution in [0.1, 0.15) is 38.2 Å². The summed E-state index contributed by atoms with van der Waals surface area (Å²) in [7, 11) is 0. The fourth-order valence-corrected chi connectivity index (χ4v) is 5.54. The van der Waals surface area contributed by atoms with Crippen LogP contribution >= 0.6 is 23.2 Å². The van der Waals surface area contributed by atoms with Gasteiger partial charge in [0.15, 0.2) is 0 Å². The second-order valence-corrected chi connectivity index (χ2v) is 10.8.